The molecule has 26 heavy (non-hydrogen) atoms. The largest absolute Gasteiger partial charge is 0.436 e. The lowest BCUT2D eigenvalue weighted by molar-refractivity contribution is -0.120. The standard InChI is InChI=1S/C17H14ClFN4O2S/c18-10-7-11(19)13(8-14(10)25-15-9-20-4-5-21-15)23-16(24)12-3-1-2-6-22(12)17(23)26/h4-5,7-9,12H,1-3,6H2/t12-/m1/s1. The number of hydrogen-bond acceptors (Lipinski definition) is 5. The predicted octanol–water partition coefficient (Wildman–Crippen LogP) is 3.55. The molecule has 0 unspecified atom stereocenters. The van der Waals surface area contributed by atoms with E-state index in [1.54, 1.807) is 0 Å². The molecule has 0 N–H and O–H groups in total. The van der Waals surface area contributed by atoms with Crippen LogP contribution in [0.5, 0.6) is 11.6 Å². The Morgan fingerprint density at radius 2 is 2.15 bits per heavy atom. The Hall–Kier alpha value is -2.32. The number of carbonyl (C=O) groups is 1. The first-order chi connectivity index (χ1) is 12.6. The first kappa shape index (κ1) is 17.1. The second-order valence-corrected chi connectivity index (χ2v) is 6.81. The number of halogens is 2. The summed E-state index contributed by atoms with van der Waals surface area (Å²) < 4.78 is 20.2. The van der Waals surface area contributed by atoms with Crippen LogP contribution in [0.3, 0.4) is 0 Å². The molecule has 2 saturated heterocycles. The average Bonchev–Trinajstić information content (AvgIpc) is 2.90. The van der Waals surface area contributed by atoms with Gasteiger partial charge in [0.05, 0.1) is 16.9 Å². The van der Waals surface area contributed by atoms with Crippen LogP contribution >= 0.6 is 23.8 Å². The number of fused-ring (bicyclic) bond motifs is 1. The Morgan fingerprint density at radius 3 is 2.88 bits per heavy atom. The molecule has 2 fully saturated rings. The van der Waals surface area contributed by atoms with E-state index in [2.05, 4.69) is 9.97 Å². The van der Waals surface area contributed by atoms with E-state index in [9.17, 15) is 9.18 Å². The zero-order valence-electron chi connectivity index (χ0n) is 13.6. The zero-order valence-corrected chi connectivity index (χ0v) is 15.1. The van der Waals surface area contributed by atoms with Gasteiger partial charge in [0.1, 0.15) is 17.6 Å². The van der Waals surface area contributed by atoms with Crippen molar-refractivity contribution < 1.29 is 13.9 Å². The fourth-order valence-electron chi connectivity index (χ4n) is 3.23. The molecule has 2 aromatic rings. The van der Waals surface area contributed by atoms with Crippen molar-refractivity contribution in [3.8, 4) is 11.6 Å². The van der Waals surface area contributed by atoms with E-state index in [0.717, 1.165) is 18.9 Å². The summed E-state index contributed by atoms with van der Waals surface area (Å²) in [5.41, 5.74) is 0.0256. The van der Waals surface area contributed by atoms with Gasteiger partial charge in [-0.15, -0.1) is 0 Å². The van der Waals surface area contributed by atoms with E-state index >= 15 is 0 Å². The molecule has 1 aromatic heterocycles. The molecule has 1 amide bonds. The third kappa shape index (κ3) is 2.89. The quantitative estimate of drug-likeness (QED) is 0.744. The van der Waals surface area contributed by atoms with Gasteiger partial charge in [0.25, 0.3) is 5.91 Å². The van der Waals surface area contributed by atoms with Gasteiger partial charge < -0.3 is 9.64 Å². The minimum absolute atomic E-state index is 0.0256. The Labute approximate surface area is 159 Å². The Balaban J connectivity index is 1.71. The fraction of sp³-hybridized carbons (Fsp3) is 0.294. The highest BCUT2D eigenvalue weighted by atomic mass is 35.5. The summed E-state index contributed by atoms with van der Waals surface area (Å²) in [6.45, 7) is 0.698. The van der Waals surface area contributed by atoms with Crippen LogP contribution in [-0.2, 0) is 4.79 Å². The van der Waals surface area contributed by atoms with Crippen molar-refractivity contribution in [2.24, 2.45) is 0 Å². The van der Waals surface area contributed by atoms with E-state index in [1.165, 1.54) is 29.6 Å². The van der Waals surface area contributed by atoms with Gasteiger partial charge in [-0.3, -0.25) is 14.7 Å². The number of hydrogen-bond donors (Lipinski definition) is 0. The maximum Gasteiger partial charge on any atom is 0.256 e. The molecule has 2 aliphatic rings. The van der Waals surface area contributed by atoms with E-state index in [-0.39, 0.29) is 34.3 Å². The van der Waals surface area contributed by atoms with E-state index in [1.807, 2.05) is 4.90 Å². The lowest BCUT2D eigenvalue weighted by Crippen LogP contribution is -2.38. The van der Waals surface area contributed by atoms with Crippen molar-refractivity contribution in [2.75, 3.05) is 11.4 Å². The summed E-state index contributed by atoms with van der Waals surface area (Å²) in [4.78, 5) is 23.8. The summed E-state index contributed by atoms with van der Waals surface area (Å²) >= 11 is 11.5. The molecule has 134 valence electrons. The third-order valence-electron chi connectivity index (χ3n) is 4.44. The molecule has 9 heteroatoms. The van der Waals surface area contributed by atoms with Crippen LogP contribution in [0, 0.1) is 5.82 Å². The van der Waals surface area contributed by atoms with E-state index in [4.69, 9.17) is 28.6 Å². The van der Waals surface area contributed by atoms with Crippen LogP contribution in [0.4, 0.5) is 10.1 Å². The second kappa shape index (κ2) is 6.77. The Kier molecular flexibility index (Phi) is 4.46. The second-order valence-electron chi connectivity index (χ2n) is 6.04. The number of piperidine rings is 1. The molecular formula is C17H14ClFN4O2S. The zero-order chi connectivity index (χ0) is 18.3. The van der Waals surface area contributed by atoms with Crippen LogP contribution in [0.1, 0.15) is 19.3 Å². The van der Waals surface area contributed by atoms with Gasteiger partial charge in [-0.25, -0.2) is 9.37 Å². The van der Waals surface area contributed by atoms with Gasteiger partial charge >= 0.3 is 0 Å². The molecule has 1 aromatic carbocycles. The number of carbonyl (C=O) groups excluding carboxylic acids is 1. The maximum absolute atomic E-state index is 14.6. The van der Waals surface area contributed by atoms with Crippen molar-refractivity contribution in [1.82, 2.24) is 14.9 Å². The van der Waals surface area contributed by atoms with Gasteiger partial charge in [-0.1, -0.05) is 11.6 Å². The lowest BCUT2D eigenvalue weighted by atomic mass is 10.0. The van der Waals surface area contributed by atoms with E-state index < -0.39 is 5.82 Å². The number of rotatable bonds is 3. The molecule has 2 aliphatic heterocycles. The van der Waals surface area contributed by atoms with Crippen LogP contribution in [0.25, 0.3) is 0 Å². The number of thiocarbonyl (C=S) groups is 1. The number of nitrogens with zero attached hydrogens (tertiary/aromatic N) is 4. The molecule has 3 heterocycles. The van der Waals surface area contributed by atoms with Crippen molar-refractivity contribution in [3.05, 3.63) is 41.6 Å². The van der Waals surface area contributed by atoms with Crippen molar-refractivity contribution in [1.29, 1.82) is 0 Å². The third-order valence-corrected chi connectivity index (χ3v) is 5.15. The van der Waals surface area contributed by atoms with Crippen molar-refractivity contribution in [2.45, 2.75) is 25.3 Å². The smallest absolute Gasteiger partial charge is 0.256 e. The number of anilines is 1. The maximum atomic E-state index is 14.6. The number of aromatic nitrogens is 2. The summed E-state index contributed by atoms with van der Waals surface area (Å²) in [5, 5.41) is 0.374. The first-order valence-electron chi connectivity index (χ1n) is 8.14. The number of amides is 1. The molecule has 0 radical (unpaired) electrons. The van der Waals surface area contributed by atoms with Gasteiger partial charge in [-0.05, 0) is 37.5 Å². The summed E-state index contributed by atoms with van der Waals surface area (Å²) in [5.74, 6) is -0.484. The Morgan fingerprint density at radius 1 is 1.31 bits per heavy atom. The van der Waals surface area contributed by atoms with Crippen LogP contribution < -0.4 is 9.64 Å². The topological polar surface area (TPSA) is 58.6 Å². The molecule has 0 saturated carbocycles. The highest BCUT2D eigenvalue weighted by Crippen LogP contribution is 2.38. The fourth-order valence-corrected chi connectivity index (χ4v) is 3.83. The number of ether oxygens (including phenoxy) is 1. The van der Waals surface area contributed by atoms with Crippen molar-refractivity contribution >= 4 is 40.5 Å². The molecule has 0 bridgehead atoms. The summed E-state index contributed by atoms with van der Waals surface area (Å²) in [6, 6.07) is 2.15. The highest BCUT2D eigenvalue weighted by Gasteiger charge is 2.45. The lowest BCUT2D eigenvalue weighted by Gasteiger charge is -2.27. The molecular weight excluding hydrogens is 379 g/mol. The van der Waals surface area contributed by atoms with Crippen LogP contribution in [-0.4, -0.2) is 38.5 Å². The summed E-state index contributed by atoms with van der Waals surface area (Å²) in [6.07, 6.45) is 7.00. The van der Waals surface area contributed by atoms with Crippen molar-refractivity contribution in [3.63, 3.8) is 0 Å². The molecule has 4 rings (SSSR count). The average molecular weight is 393 g/mol. The molecule has 0 spiro atoms. The van der Waals surface area contributed by atoms with Gasteiger partial charge in [0, 0.05) is 25.0 Å². The number of benzene rings is 1. The molecule has 0 aliphatic carbocycles. The van der Waals surface area contributed by atoms with E-state index in [0.29, 0.717) is 18.1 Å². The monoisotopic (exact) mass is 392 g/mol. The minimum atomic E-state index is -0.642. The highest BCUT2D eigenvalue weighted by molar-refractivity contribution is 7.80. The Bertz CT molecular complexity index is 859. The van der Waals surface area contributed by atoms with Gasteiger partial charge in [0.15, 0.2) is 5.11 Å². The first-order valence-corrected chi connectivity index (χ1v) is 8.92. The minimum Gasteiger partial charge on any atom is -0.436 e. The molecule has 1 atom stereocenters. The van der Waals surface area contributed by atoms with Crippen LogP contribution in [0.2, 0.25) is 5.02 Å². The van der Waals surface area contributed by atoms with Crippen LogP contribution in [0.15, 0.2) is 30.7 Å². The summed E-state index contributed by atoms with van der Waals surface area (Å²) in [7, 11) is 0. The normalized spacial score (nSPS) is 19.7. The van der Waals surface area contributed by atoms with Gasteiger partial charge in [0.2, 0.25) is 5.88 Å². The SMILES string of the molecule is O=C1[C@H]2CCCCN2C(=S)N1c1cc(Oc2cnccn2)c(Cl)cc1F. The molecule has 6 nitrogen and oxygen atoms in total. The van der Waals surface area contributed by atoms with Gasteiger partial charge in [-0.2, -0.15) is 0 Å². The predicted molar refractivity (Wildman–Crippen MR) is 97.9 cm³/mol.